The first-order valence-corrected chi connectivity index (χ1v) is 5.87. The van der Waals surface area contributed by atoms with Crippen LogP contribution in [0.3, 0.4) is 0 Å². The maximum atomic E-state index is 13.6. The van der Waals surface area contributed by atoms with Crippen molar-refractivity contribution in [3.05, 3.63) is 28.2 Å². The molecule has 1 heterocycles. The van der Waals surface area contributed by atoms with E-state index < -0.39 is 29.4 Å². The van der Waals surface area contributed by atoms with E-state index in [2.05, 4.69) is 15.9 Å². The van der Waals surface area contributed by atoms with Crippen LogP contribution in [-0.4, -0.2) is 23.5 Å². The van der Waals surface area contributed by atoms with Gasteiger partial charge in [-0.3, -0.25) is 9.59 Å². The Hall–Kier alpha value is -1.50. The SMILES string of the molecule is O=C(O)C1CC(=O)N(c2cc(F)c(Br)cc2F)C1. The van der Waals surface area contributed by atoms with E-state index in [-0.39, 0.29) is 23.1 Å². The van der Waals surface area contributed by atoms with E-state index in [0.29, 0.717) is 0 Å². The molecule has 0 bridgehead atoms. The third kappa shape index (κ3) is 2.22. The van der Waals surface area contributed by atoms with Crippen LogP contribution in [0.25, 0.3) is 0 Å². The third-order valence-electron chi connectivity index (χ3n) is 2.75. The number of rotatable bonds is 2. The van der Waals surface area contributed by atoms with Crippen molar-refractivity contribution in [2.45, 2.75) is 6.42 Å². The van der Waals surface area contributed by atoms with Crippen molar-refractivity contribution in [3.8, 4) is 0 Å². The second-order valence-corrected chi connectivity index (χ2v) is 4.82. The van der Waals surface area contributed by atoms with Crippen LogP contribution in [0.5, 0.6) is 0 Å². The number of carboxylic acid groups (broad SMARTS) is 1. The molecule has 1 aliphatic heterocycles. The van der Waals surface area contributed by atoms with Crippen molar-refractivity contribution >= 4 is 33.5 Å². The average molecular weight is 320 g/mol. The van der Waals surface area contributed by atoms with Crippen LogP contribution in [0, 0.1) is 17.6 Å². The summed E-state index contributed by atoms with van der Waals surface area (Å²) in [6, 6.07) is 1.79. The largest absolute Gasteiger partial charge is 0.481 e. The van der Waals surface area contributed by atoms with Crippen molar-refractivity contribution in [2.75, 3.05) is 11.4 Å². The predicted octanol–water partition coefficient (Wildman–Crippen LogP) is 2.16. The molecule has 0 aromatic heterocycles. The van der Waals surface area contributed by atoms with E-state index >= 15 is 0 Å². The summed E-state index contributed by atoms with van der Waals surface area (Å²) >= 11 is 2.83. The van der Waals surface area contributed by atoms with Gasteiger partial charge in [0.15, 0.2) is 0 Å². The molecular weight excluding hydrogens is 312 g/mol. The number of nitrogens with zero attached hydrogens (tertiary/aromatic N) is 1. The molecule has 2 rings (SSSR count). The summed E-state index contributed by atoms with van der Waals surface area (Å²) in [5.41, 5.74) is -0.232. The number of hydrogen-bond donors (Lipinski definition) is 1. The molecule has 1 amide bonds. The number of carboxylic acids is 1. The number of aliphatic carboxylic acids is 1. The molecule has 18 heavy (non-hydrogen) atoms. The monoisotopic (exact) mass is 319 g/mol. The quantitative estimate of drug-likeness (QED) is 0.850. The van der Waals surface area contributed by atoms with Crippen molar-refractivity contribution in [2.24, 2.45) is 5.92 Å². The minimum Gasteiger partial charge on any atom is -0.481 e. The van der Waals surface area contributed by atoms with Gasteiger partial charge in [0.1, 0.15) is 11.6 Å². The van der Waals surface area contributed by atoms with Gasteiger partial charge in [-0.05, 0) is 22.0 Å². The van der Waals surface area contributed by atoms with Gasteiger partial charge in [-0.2, -0.15) is 0 Å². The molecule has 96 valence electrons. The van der Waals surface area contributed by atoms with Crippen LogP contribution < -0.4 is 4.90 Å². The lowest BCUT2D eigenvalue weighted by atomic mass is 10.1. The lowest BCUT2D eigenvalue weighted by Gasteiger charge is -2.17. The second-order valence-electron chi connectivity index (χ2n) is 3.96. The Kier molecular flexibility index (Phi) is 3.34. The first kappa shape index (κ1) is 12.9. The fraction of sp³-hybridized carbons (Fsp3) is 0.273. The molecular formula is C11H8BrF2NO3. The zero-order chi connectivity index (χ0) is 13.4. The molecule has 1 aromatic carbocycles. The maximum Gasteiger partial charge on any atom is 0.308 e. The molecule has 1 saturated heterocycles. The molecule has 1 fully saturated rings. The molecule has 4 nitrogen and oxygen atoms in total. The zero-order valence-corrected chi connectivity index (χ0v) is 10.6. The zero-order valence-electron chi connectivity index (χ0n) is 8.99. The molecule has 1 unspecified atom stereocenters. The fourth-order valence-electron chi connectivity index (χ4n) is 1.82. The topological polar surface area (TPSA) is 57.6 Å². The van der Waals surface area contributed by atoms with E-state index in [1.54, 1.807) is 0 Å². The summed E-state index contributed by atoms with van der Waals surface area (Å²) in [5, 5.41) is 8.81. The van der Waals surface area contributed by atoms with Crippen LogP contribution in [0.4, 0.5) is 14.5 Å². The lowest BCUT2D eigenvalue weighted by molar-refractivity contribution is -0.141. The standard InChI is InChI=1S/C11H8BrF2NO3/c12-6-2-8(14)9(3-7(6)13)15-4-5(11(17)18)1-10(15)16/h2-3,5H,1,4H2,(H,17,18). The highest BCUT2D eigenvalue weighted by atomic mass is 79.9. The fourth-order valence-corrected chi connectivity index (χ4v) is 2.14. The van der Waals surface area contributed by atoms with E-state index in [1.165, 1.54) is 0 Å². The minimum atomic E-state index is -1.12. The Morgan fingerprint density at radius 1 is 1.39 bits per heavy atom. The Morgan fingerprint density at radius 3 is 2.61 bits per heavy atom. The number of benzene rings is 1. The molecule has 0 spiro atoms. The van der Waals surface area contributed by atoms with Crippen LogP contribution in [0.1, 0.15) is 6.42 Å². The Balaban J connectivity index is 2.35. The molecule has 0 radical (unpaired) electrons. The maximum absolute atomic E-state index is 13.6. The first-order valence-electron chi connectivity index (χ1n) is 5.08. The Bertz CT molecular complexity index is 535. The normalized spacial score (nSPS) is 19.4. The lowest BCUT2D eigenvalue weighted by Crippen LogP contribution is -2.26. The highest BCUT2D eigenvalue weighted by Gasteiger charge is 2.36. The minimum absolute atomic E-state index is 0.0508. The number of anilines is 1. The molecule has 1 atom stereocenters. The number of carbonyl (C=O) groups excluding carboxylic acids is 1. The third-order valence-corrected chi connectivity index (χ3v) is 3.36. The summed E-state index contributed by atoms with van der Waals surface area (Å²) in [6.45, 7) is -0.147. The van der Waals surface area contributed by atoms with Gasteiger partial charge >= 0.3 is 5.97 Å². The van der Waals surface area contributed by atoms with Crippen LogP contribution in [0.2, 0.25) is 0 Å². The van der Waals surface area contributed by atoms with Crippen molar-refractivity contribution < 1.29 is 23.5 Å². The summed E-state index contributed by atoms with van der Waals surface area (Å²) < 4.78 is 26.9. The number of hydrogen-bond acceptors (Lipinski definition) is 2. The Labute approximate surface area is 109 Å². The second kappa shape index (κ2) is 4.64. The van der Waals surface area contributed by atoms with E-state index in [0.717, 1.165) is 17.0 Å². The van der Waals surface area contributed by atoms with Gasteiger partial charge in [0.2, 0.25) is 5.91 Å². The predicted molar refractivity (Wildman–Crippen MR) is 62.2 cm³/mol. The molecule has 1 N–H and O–H groups in total. The van der Waals surface area contributed by atoms with Crippen molar-refractivity contribution in [3.63, 3.8) is 0 Å². The smallest absolute Gasteiger partial charge is 0.308 e. The van der Waals surface area contributed by atoms with Gasteiger partial charge in [-0.15, -0.1) is 0 Å². The van der Waals surface area contributed by atoms with Crippen LogP contribution in [-0.2, 0) is 9.59 Å². The molecule has 7 heteroatoms. The molecule has 1 aliphatic rings. The van der Waals surface area contributed by atoms with Gasteiger partial charge in [-0.1, -0.05) is 0 Å². The number of amides is 1. The molecule has 1 aromatic rings. The van der Waals surface area contributed by atoms with E-state index in [9.17, 15) is 18.4 Å². The van der Waals surface area contributed by atoms with Crippen molar-refractivity contribution in [1.29, 1.82) is 0 Å². The van der Waals surface area contributed by atoms with E-state index in [1.807, 2.05) is 0 Å². The van der Waals surface area contributed by atoms with Gasteiger partial charge < -0.3 is 10.0 Å². The number of halogens is 3. The van der Waals surface area contributed by atoms with Crippen molar-refractivity contribution in [1.82, 2.24) is 0 Å². The molecule has 0 saturated carbocycles. The summed E-state index contributed by atoms with van der Waals surface area (Å²) in [5.74, 6) is -4.02. The summed E-state index contributed by atoms with van der Waals surface area (Å²) in [4.78, 5) is 23.3. The van der Waals surface area contributed by atoms with Gasteiger partial charge in [0.25, 0.3) is 0 Å². The Morgan fingerprint density at radius 2 is 2.06 bits per heavy atom. The first-order chi connectivity index (χ1) is 8.40. The van der Waals surface area contributed by atoms with Gasteiger partial charge in [0.05, 0.1) is 16.1 Å². The van der Waals surface area contributed by atoms with Gasteiger partial charge in [-0.25, -0.2) is 8.78 Å². The average Bonchev–Trinajstić information content (AvgIpc) is 2.66. The highest BCUT2D eigenvalue weighted by molar-refractivity contribution is 9.10. The summed E-state index contributed by atoms with van der Waals surface area (Å²) in [6.07, 6.45) is -0.202. The van der Waals surface area contributed by atoms with E-state index in [4.69, 9.17) is 5.11 Å². The van der Waals surface area contributed by atoms with Crippen LogP contribution >= 0.6 is 15.9 Å². The molecule has 0 aliphatic carbocycles. The highest BCUT2D eigenvalue weighted by Crippen LogP contribution is 2.30. The number of carbonyl (C=O) groups is 2. The summed E-state index contributed by atoms with van der Waals surface area (Å²) in [7, 11) is 0. The van der Waals surface area contributed by atoms with Crippen LogP contribution in [0.15, 0.2) is 16.6 Å². The van der Waals surface area contributed by atoms with Gasteiger partial charge in [0, 0.05) is 19.0 Å².